The summed E-state index contributed by atoms with van der Waals surface area (Å²) in [6.07, 6.45) is 4.03. The average molecular weight is 239 g/mol. The van der Waals surface area contributed by atoms with Crippen LogP contribution in [0.25, 0.3) is 0 Å². The summed E-state index contributed by atoms with van der Waals surface area (Å²) in [7, 11) is -0.874. The Kier molecular flexibility index (Phi) is 5.71. The van der Waals surface area contributed by atoms with E-state index < -0.39 is 10.8 Å². The zero-order valence-electron chi connectivity index (χ0n) is 10.3. The number of hydrogen-bond acceptors (Lipinski definition) is 2. The van der Waals surface area contributed by atoms with Gasteiger partial charge in [-0.3, -0.25) is 4.21 Å². The molecule has 0 amide bonds. The van der Waals surface area contributed by atoms with Crippen LogP contribution in [0.2, 0.25) is 0 Å². The van der Waals surface area contributed by atoms with Gasteiger partial charge in [0.15, 0.2) is 0 Å². The van der Waals surface area contributed by atoms with E-state index in [1.54, 1.807) is 6.26 Å². The van der Waals surface area contributed by atoms with E-state index in [9.17, 15) is 4.21 Å². The van der Waals surface area contributed by atoms with Crippen molar-refractivity contribution in [1.29, 1.82) is 0 Å². The third-order valence-electron chi connectivity index (χ3n) is 2.84. The van der Waals surface area contributed by atoms with Gasteiger partial charge >= 0.3 is 0 Å². The van der Waals surface area contributed by atoms with E-state index in [4.69, 9.17) is 0 Å². The summed E-state index contributed by atoms with van der Waals surface area (Å²) >= 11 is 0. The Bertz CT molecular complexity index is 330. The Morgan fingerprint density at radius 3 is 2.19 bits per heavy atom. The van der Waals surface area contributed by atoms with E-state index in [2.05, 4.69) is 19.2 Å². The highest BCUT2D eigenvalue weighted by Gasteiger charge is 2.02. The van der Waals surface area contributed by atoms with Gasteiger partial charge in [0.2, 0.25) is 0 Å². The number of benzene rings is 1. The second kappa shape index (κ2) is 6.81. The highest BCUT2D eigenvalue weighted by molar-refractivity contribution is 7.84. The lowest BCUT2D eigenvalue weighted by atomic mass is 10.1. The zero-order chi connectivity index (χ0) is 12.0. The van der Waals surface area contributed by atoms with Crippen molar-refractivity contribution in [1.82, 2.24) is 5.32 Å². The Labute approximate surface area is 101 Å². The van der Waals surface area contributed by atoms with Gasteiger partial charge in [0.25, 0.3) is 0 Å². The van der Waals surface area contributed by atoms with E-state index in [1.807, 2.05) is 24.3 Å². The summed E-state index contributed by atoms with van der Waals surface area (Å²) in [5, 5.41) is 3.51. The molecule has 2 nitrogen and oxygen atoms in total. The third kappa shape index (κ3) is 4.06. The first-order valence-corrected chi connectivity index (χ1v) is 7.38. The minimum absolute atomic E-state index is 0.597. The lowest BCUT2D eigenvalue weighted by Crippen LogP contribution is -2.26. The zero-order valence-corrected chi connectivity index (χ0v) is 11.1. The van der Waals surface area contributed by atoms with Crippen molar-refractivity contribution < 1.29 is 4.21 Å². The van der Waals surface area contributed by atoms with Crippen LogP contribution in [-0.4, -0.2) is 16.5 Å². The first kappa shape index (κ1) is 13.4. The van der Waals surface area contributed by atoms with Crippen LogP contribution in [0.1, 0.15) is 32.3 Å². The normalized spacial score (nSPS) is 13.0. The Morgan fingerprint density at radius 1 is 1.19 bits per heavy atom. The van der Waals surface area contributed by atoms with Crippen LogP contribution in [0.15, 0.2) is 29.2 Å². The first-order valence-electron chi connectivity index (χ1n) is 5.83. The fraction of sp³-hybridized carbons (Fsp3) is 0.538. The third-order valence-corrected chi connectivity index (χ3v) is 3.77. The molecule has 0 heterocycles. The standard InChI is InChI=1S/C13H21NOS/c1-4-12(5-2)14-10-11-6-8-13(9-7-11)16(3)15/h6-9,12,14H,4-5,10H2,1-3H3. The fourth-order valence-corrected chi connectivity index (χ4v) is 2.16. The van der Waals surface area contributed by atoms with Gasteiger partial charge in [0.1, 0.15) is 0 Å². The maximum absolute atomic E-state index is 11.2. The monoisotopic (exact) mass is 239 g/mol. The highest BCUT2D eigenvalue weighted by Crippen LogP contribution is 2.08. The predicted molar refractivity (Wildman–Crippen MR) is 70.0 cm³/mol. The lowest BCUT2D eigenvalue weighted by molar-refractivity contribution is 0.484. The van der Waals surface area contributed by atoms with E-state index in [1.165, 1.54) is 5.56 Å². The number of hydrogen-bond donors (Lipinski definition) is 1. The molecule has 0 aliphatic rings. The molecule has 0 fully saturated rings. The molecule has 16 heavy (non-hydrogen) atoms. The molecule has 0 aliphatic carbocycles. The largest absolute Gasteiger partial charge is 0.310 e. The van der Waals surface area contributed by atoms with Crippen LogP contribution >= 0.6 is 0 Å². The molecule has 1 aromatic carbocycles. The molecule has 1 N–H and O–H groups in total. The summed E-state index contributed by atoms with van der Waals surface area (Å²) in [5.41, 5.74) is 1.25. The van der Waals surface area contributed by atoms with Gasteiger partial charge in [-0.2, -0.15) is 0 Å². The average Bonchev–Trinajstić information content (AvgIpc) is 2.31. The molecule has 0 saturated heterocycles. The molecule has 0 saturated carbocycles. The van der Waals surface area contributed by atoms with Crippen molar-refractivity contribution in [2.45, 2.75) is 44.2 Å². The van der Waals surface area contributed by atoms with Crippen LogP contribution in [0.4, 0.5) is 0 Å². The van der Waals surface area contributed by atoms with Gasteiger partial charge in [0, 0.05) is 34.5 Å². The van der Waals surface area contributed by atoms with Crippen LogP contribution in [0.3, 0.4) is 0 Å². The molecule has 1 aromatic rings. The van der Waals surface area contributed by atoms with Gasteiger partial charge in [-0.25, -0.2) is 0 Å². The molecule has 0 aromatic heterocycles. The summed E-state index contributed by atoms with van der Waals surface area (Å²) in [6.45, 7) is 5.29. The van der Waals surface area contributed by atoms with Gasteiger partial charge < -0.3 is 5.32 Å². The summed E-state index contributed by atoms with van der Waals surface area (Å²) in [4.78, 5) is 0.895. The molecule has 0 spiro atoms. The van der Waals surface area contributed by atoms with Gasteiger partial charge in [-0.15, -0.1) is 0 Å². The Morgan fingerprint density at radius 2 is 1.75 bits per heavy atom. The van der Waals surface area contributed by atoms with Crippen molar-refractivity contribution in [3.63, 3.8) is 0 Å². The number of nitrogens with one attached hydrogen (secondary N) is 1. The molecule has 1 rings (SSSR count). The van der Waals surface area contributed by atoms with Crippen molar-refractivity contribution in [3.05, 3.63) is 29.8 Å². The summed E-state index contributed by atoms with van der Waals surface area (Å²) < 4.78 is 11.2. The fourth-order valence-electron chi connectivity index (χ4n) is 1.64. The van der Waals surface area contributed by atoms with Crippen molar-refractivity contribution in [2.75, 3.05) is 6.26 Å². The summed E-state index contributed by atoms with van der Waals surface area (Å²) in [6, 6.07) is 8.58. The first-order chi connectivity index (χ1) is 7.67. The molecule has 0 aliphatic heterocycles. The molecule has 1 unspecified atom stereocenters. The maximum atomic E-state index is 11.2. The molecular weight excluding hydrogens is 218 g/mol. The molecule has 0 bridgehead atoms. The number of rotatable bonds is 6. The quantitative estimate of drug-likeness (QED) is 0.827. The van der Waals surface area contributed by atoms with Crippen LogP contribution < -0.4 is 5.32 Å². The van der Waals surface area contributed by atoms with E-state index in [0.29, 0.717) is 6.04 Å². The van der Waals surface area contributed by atoms with Crippen LogP contribution in [-0.2, 0) is 17.3 Å². The van der Waals surface area contributed by atoms with Crippen LogP contribution in [0.5, 0.6) is 0 Å². The molecule has 0 radical (unpaired) electrons. The second-order valence-corrected chi connectivity index (χ2v) is 5.37. The van der Waals surface area contributed by atoms with Gasteiger partial charge in [0.05, 0.1) is 0 Å². The smallest absolute Gasteiger partial charge is 0.0498 e. The predicted octanol–water partition coefficient (Wildman–Crippen LogP) is 2.70. The van der Waals surface area contributed by atoms with Crippen molar-refractivity contribution in [2.24, 2.45) is 0 Å². The van der Waals surface area contributed by atoms with Crippen molar-refractivity contribution in [3.8, 4) is 0 Å². The highest BCUT2D eigenvalue weighted by atomic mass is 32.2. The van der Waals surface area contributed by atoms with Gasteiger partial charge in [-0.1, -0.05) is 26.0 Å². The van der Waals surface area contributed by atoms with E-state index in [0.717, 1.165) is 24.3 Å². The van der Waals surface area contributed by atoms with Crippen LogP contribution in [0, 0.1) is 0 Å². The van der Waals surface area contributed by atoms with Gasteiger partial charge in [-0.05, 0) is 30.5 Å². The van der Waals surface area contributed by atoms with Crippen molar-refractivity contribution >= 4 is 10.8 Å². The molecule has 3 heteroatoms. The summed E-state index contributed by atoms with van der Waals surface area (Å²) in [5.74, 6) is 0. The molecule has 1 atom stereocenters. The van der Waals surface area contributed by atoms with E-state index >= 15 is 0 Å². The maximum Gasteiger partial charge on any atom is 0.0498 e. The van der Waals surface area contributed by atoms with E-state index in [-0.39, 0.29) is 0 Å². The minimum Gasteiger partial charge on any atom is -0.310 e. The Balaban J connectivity index is 2.52. The second-order valence-electron chi connectivity index (χ2n) is 3.99. The molecule has 90 valence electrons. The lowest BCUT2D eigenvalue weighted by Gasteiger charge is -2.14. The SMILES string of the molecule is CCC(CC)NCc1ccc(S(C)=O)cc1. The molecular formula is C13H21NOS. The topological polar surface area (TPSA) is 29.1 Å². The Hall–Kier alpha value is -0.670. The minimum atomic E-state index is -0.874.